The summed E-state index contributed by atoms with van der Waals surface area (Å²) in [5.74, 6) is 1.88. The van der Waals surface area contributed by atoms with Crippen molar-refractivity contribution in [2.75, 3.05) is 20.1 Å². The van der Waals surface area contributed by atoms with Crippen LogP contribution < -0.4 is 5.32 Å². The van der Waals surface area contributed by atoms with E-state index >= 15 is 0 Å². The molecule has 5 heteroatoms. The van der Waals surface area contributed by atoms with Crippen LogP contribution in [0.15, 0.2) is 12.3 Å². The number of hydrogen-bond donors (Lipinski definition) is 2. The number of carbonyl (C=O) groups is 2. The Balaban J connectivity index is 1.48. The van der Waals surface area contributed by atoms with Gasteiger partial charge in [-0.15, -0.1) is 0 Å². The highest BCUT2D eigenvalue weighted by Crippen LogP contribution is 2.83. The lowest BCUT2D eigenvalue weighted by molar-refractivity contribution is -0.252. The summed E-state index contributed by atoms with van der Waals surface area (Å²) in [6, 6.07) is 0. The zero-order valence-corrected chi connectivity index (χ0v) is 24.4. The van der Waals surface area contributed by atoms with Gasteiger partial charge in [0.25, 0.3) is 0 Å². The van der Waals surface area contributed by atoms with Crippen LogP contribution in [0.3, 0.4) is 0 Å². The van der Waals surface area contributed by atoms with Crippen LogP contribution in [0.1, 0.15) is 98.8 Å². The van der Waals surface area contributed by atoms with E-state index in [1.54, 1.807) is 0 Å². The average molecular weight is 513 g/mol. The second-order valence-electron chi connectivity index (χ2n) is 14.8. The molecule has 1 heterocycles. The van der Waals surface area contributed by atoms with E-state index in [9.17, 15) is 14.7 Å². The van der Waals surface area contributed by atoms with Crippen molar-refractivity contribution >= 4 is 11.7 Å². The molecule has 2 bridgehead atoms. The Hall–Kier alpha value is -1.20. The molecule has 0 spiro atoms. The van der Waals surface area contributed by atoms with Crippen LogP contribution in [0, 0.1) is 51.2 Å². The van der Waals surface area contributed by atoms with E-state index in [0.717, 1.165) is 76.6 Å². The van der Waals surface area contributed by atoms with E-state index in [0.29, 0.717) is 24.0 Å². The summed E-state index contributed by atoms with van der Waals surface area (Å²) < 4.78 is 0. The summed E-state index contributed by atoms with van der Waals surface area (Å²) in [5, 5.41) is 15.2. The van der Waals surface area contributed by atoms with Crippen molar-refractivity contribution in [2.45, 2.75) is 105 Å². The topological polar surface area (TPSA) is 69.6 Å². The third kappa shape index (κ3) is 3.84. The fraction of sp³-hybridized carbons (Fsp3) is 0.875. The van der Waals surface area contributed by atoms with Crippen LogP contribution >= 0.6 is 0 Å². The van der Waals surface area contributed by atoms with Crippen LogP contribution in [0.2, 0.25) is 0 Å². The molecule has 1 saturated heterocycles. The molecule has 5 fully saturated rings. The maximum Gasteiger partial charge on any atom is 0.228 e. The minimum Gasteiger partial charge on any atom is -0.392 e. The van der Waals surface area contributed by atoms with E-state index < -0.39 is 0 Å². The van der Waals surface area contributed by atoms with Gasteiger partial charge < -0.3 is 15.3 Å². The fourth-order valence-corrected chi connectivity index (χ4v) is 11.1. The van der Waals surface area contributed by atoms with Gasteiger partial charge in [0, 0.05) is 24.1 Å². The Morgan fingerprint density at radius 3 is 2.65 bits per heavy atom. The summed E-state index contributed by atoms with van der Waals surface area (Å²) in [7, 11) is 2.09. The number of aliphatic hydroxyl groups excluding tert-OH is 1. The zero-order valence-electron chi connectivity index (χ0n) is 24.4. The van der Waals surface area contributed by atoms with Crippen LogP contribution in [0.5, 0.6) is 0 Å². The maximum atomic E-state index is 13.5. The lowest BCUT2D eigenvalue weighted by Crippen LogP contribution is -2.71. The molecule has 0 aromatic carbocycles. The second-order valence-corrected chi connectivity index (χ2v) is 14.8. The average Bonchev–Trinajstić information content (AvgIpc) is 3.02. The fourth-order valence-electron chi connectivity index (χ4n) is 11.1. The number of ketones is 1. The third-order valence-electron chi connectivity index (χ3n) is 12.8. The van der Waals surface area contributed by atoms with Gasteiger partial charge in [0.15, 0.2) is 0 Å². The highest BCUT2D eigenvalue weighted by Gasteiger charge is 2.80. The second kappa shape index (κ2) is 9.18. The first-order chi connectivity index (χ1) is 17.3. The molecule has 5 aliphatic rings. The van der Waals surface area contributed by atoms with Crippen molar-refractivity contribution < 1.29 is 14.7 Å². The summed E-state index contributed by atoms with van der Waals surface area (Å²) >= 11 is 0. The predicted molar refractivity (Wildman–Crippen MR) is 148 cm³/mol. The molecule has 208 valence electrons. The molecule has 1 amide bonds. The van der Waals surface area contributed by atoms with Crippen molar-refractivity contribution in [2.24, 2.45) is 51.2 Å². The van der Waals surface area contributed by atoms with Crippen LogP contribution in [0.25, 0.3) is 0 Å². The largest absolute Gasteiger partial charge is 0.392 e. The summed E-state index contributed by atoms with van der Waals surface area (Å²) in [4.78, 5) is 28.9. The molecule has 1 aliphatic heterocycles. The molecule has 5 rings (SSSR count). The van der Waals surface area contributed by atoms with Crippen LogP contribution in [-0.2, 0) is 9.59 Å². The zero-order chi connectivity index (χ0) is 27.0. The Morgan fingerprint density at radius 2 is 1.97 bits per heavy atom. The van der Waals surface area contributed by atoms with Gasteiger partial charge in [-0.05, 0) is 105 Å². The van der Waals surface area contributed by atoms with E-state index in [4.69, 9.17) is 0 Å². The summed E-state index contributed by atoms with van der Waals surface area (Å²) in [5.41, 5.74) is 0.507. The van der Waals surface area contributed by atoms with Gasteiger partial charge in [0.05, 0.1) is 12.0 Å². The smallest absolute Gasteiger partial charge is 0.228 e. The predicted octanol–water partition coefficient (Wildman–Crippen LogP) is 5.57. The first-order valence-corrected chi connectivity index (χ1v) is 15.2. The molecule has 2 N–H and O–H groups in total. The molecule has 4 aliphatic carbocycles. The van der Waals surface area contributed by atoms with Gasteiger partial charge in [0.1, 0.15) is 5.78 Å². The molecule has 5 nitrogen and oxygen atoms in total. The van der Waals surface area contributed by atoms with Crippen molar-refractivity contribution in [3.05, 3.63) is 12.3 Å². The number of nitrogens with zero attached hydrogens (tertiary/aromatic N) is 1. The molecular formula is C32H52N2O3. The standard InChI is InChI=1S/C32H52N2O3/c1-8-12-29(5)17-24(15-21(3)33-27(37)23-10-9-14-34(7)18-23)30(6)20(2)16-32-19-31(28(30)32,13-11-25(32)35)22(4)26(29)36/h20,22-24,26,28,36H,3,8-19H2,1-2,4-7H3,(H,33,37)/t20?,22-,23?,24+,26?,28?,29+,30-,31?,32?/m0/s1. The normalized spacial score (nSPS) is 49.4. The number of aliphatic hydroxyl groups is 1. The number of piperidine rings is 1. The molecule has 0 aromatic heterocycles. The molecule has 0 aromatic rings. The summed E-state index contributed by atoms with van der Waals surface area (Å²) in [6.07, 6.45) is 8.92. The van der Waals surface area contributed by atoms with E-state index in [1.165, 1.54) is 0 Å². The number of carbonyl (C=O) groups excluding carboxylic acids is 2. The van der Waals surface area contributed by atoms with E-state index in [1.807, 2.05) is 0 Å². The molecule has 10 atom stereocenters. The number of hydrogen-bond acceptors (Lipinski definition) is 4. The number of Topliss-reactive ketones (excluding diaryl/α,β-unsaturated/α-hetero) is 1. The van der Waals surface area contributed by atoms with Gasteiger partial charge in [-0.2, -0.15) is 0 Å². The van der Waals surface area contributed by atoms with Gasteiger partial charge in [-0.1, -0.05) is 47.6 Å². The third-order valence-corrected chi connectivity index (χ3v) is 12.8. The lowest BCUT2D eigenvalue weighted by Gasteiger charge is -2.72. The van der Waals surface area contributed by atoms with Gasteiger partial charge >= 0.3 is 0 Å². The number of nitrogens with one attached hydrogen (secondary N) is 1. The molecule has 4 saturated carbocycles. The Bertz CT molecular complexity index is 964. The van der Waals surface area contributed by atoms with Crippen molar-refractivity contribution in [3.63, 3.8) is 0 Å². The van der Waals surface area contributed by atoms with Gasteiger partial charge in [-0.25, -0.2) is 0 Å². The van der Waals surface area contributed by atoms with Gasteiger partial charge in [0.2, 0.25) is 5.91 Å². The minimum absolute atomic E-state index is 0.00352. The Morgan fingerprint density at radius 1 is 1.24 bits per heavy atom. The highest BCUT2D eigenvalue weighted by atomic mass is 16.3. The number of allylic oxidation sites excluding steroid dienone is 1. The van der Waals surface area contributed by atoms with Crippen molar-refractivity contribution in [3.8, 4) is 0 Å². The summed E-state index contributed by atoms with van der Waals surface area (Å²) in [6.45, 7) is 18.0. The Kier molecular flexibility index (Phi) is 6.79. The van der Waals surface area contributed by atoms with Crippen molar-refractivity contribution in [1.29, 1.82) is 0 Å². The number of amides is 1. The first-order valence-electron chi connectivity index (χ1n) is 15.2. The molecule has 0 radical (unpaired) electrons. The van der Waals surface area contributed by atoms with E-state index in [2.05, 4.69) is 58.5 Å². The highest BCUT2D eigenvalue weighted by molar-refractivity contribution is 5.89. The van der Waals surface area contributed by atoms with Crippen LogP contribution in [0.4, 0.5) is 0 Å². The van der Waals surface area contributed by atoms with Gasteiger partial charge in [-0.3, -0.25) is 9.59 Å². The number of likely N-dealkylation sites (tertiary alicyclic amines) is 1. The Labute approximate surface area is 225 Å². The quantitative estimate of drug-likeness (QED) is 0.488. The SMILES string of the molecule is C=C(C[C@@H]1C[C@@](C)(CCC)C(O)[C@H](C)C23CCC(=O)C4(CC(C)[C@]1(C)C42)C3)NC(=O)C1CCCN(C)C1. The molecular weight excluding hydrogens is 460 g/mol. The molecule has 37 heavy (non-hydrogen) atoms. The lowest BCUT2D eigenvalue weighted by atomic mass is 9.31. The number of rotatable bonds is 6. The molecule has 6 unspecified atom stereocenters. The van der Waals surface area contributed by atoms with Crippen LogP contribution in [-0.4, -0.2) is 47.9 Å². The van der Waals surface area contributed by atoms with Crippen molar-refractivity contribution in [1.82, 2.24) is 10.2 Å². The van der Waals surface area contributed by atoms with E-state index in [-0.39, 0.29) is 51.4 Å². The maximum absolute atomic E-state index is 13.5. The monoisotopic (exact) mass is 512 g/mol. The first kappa shape index (κ1) is 27.4. The minimum atomic E-state index is -0.373.